The molecule has 0 fully saturated rings. The second-order valence-electron chi connectivity index (χ2n) is 5.37. The smallest absolute Gasteiger partial charge is 0.310 e. The van der Waals surface area contributed by atoms with Gasteiger partial charge < -0.3 is 16.2 Å². The summed E-state index contributed by atoms with van der Waals surface area (Å²) in [6, 6.07) is 17.8. The van der Waals surface area contributed by atoms with Crippen LogP contribution >= 0.6 is 0 Å². The molecule has 0 saturated carbocycles. The van der Waals surface area contributed by atoms with Gasteiger partial charge in [0.2, 0.25) is 11.9 Å². The number of nitrogen functional groups attached to an aromatic ring is 2. The molecule has 3 aromatic rings. The van der Waals surface area contributed by atoms with Crippen LogP contribution in [0.3, 0.4) is 0 Å². The third-order valence-electron chi connectivity index (χ3n) is 3.49. The summed E-state index contributed by atoms with van der Waals surface area (Å²) >= 11 is 0. The summed E-state index contributed by atoms with van der Waals surface area (Å²) in [6.45, 7) is -0.0994. The first-order valence-electron chi connectivity index (χ1n) is 7.66. The lowest BCUT2D eigenvalue weighted by atomic mass is 10.0. The number of carbonyl (C=O) groups excluding carboxylic acids is 1. The maximum absolute atomic E-state index is 12.0. The quantitative estimate of drug-likeness (QED) is 0.685. The van der Waals surface area contributed by atoms with Crippen LogP contribution in [-0.4, -0.2) is 20.9 Å². The number of esters is 1. The molecule has 0 aliphatic rings. The molecule has 0 amide bonds. The molecule has 7 nitrogen and oxygen atoms in total. The molecule has 0 bridgehead atoms. The molecule has 7 heteroatoms. The Kier molecular flexibility index (Phi) is 4.84. The summed E-state index contributed by atoms with van der Waals surface area (Å²) in [7, 11) is 0. The van der Waals surface area contributed by atoms with E-state index < -0.39 is 0 Å². The van der Waals surface area contributed by atoms with Gasteiger partial charge in [0.25, 0.3) is 0 Å². The van der Waals surface area contributed by atoms with E-state index in [0.29, 0.717) is 0 Å². The predicted octanol–water partition coefficient (Wildman–Crippen LogP) is 1.99. The van der Waals surface area contributed by atoms with Crippen molar-refractivity contribution in [3.8, 4) is 11.1 Å². The van der Waals surface area contributed by atoms with E-state index in [9.17, 15) is 4.79 Å². The fourth-order valence-corrected chi connectivity index (χ4v) is 2.33. The maximum atomic E-state index is 12.0. The normalized spacial score (nSPS) is 10.4. The van der Waals surface area contributed by atoms with Crippen molar-refractivity contribution in [2.45, 2.75) is 13.0 Å². The number of aromatic nitrogens is 3. The molecule has 3 rings (SSSR count). The molecule has 0 radical (unpaired) electrons. The zero-order valence-electron chi connectivity index (χ0n) is 13.4. The Morgan fingerprint density at radius 1 is 0.840 bits per heavy atom. The van der Waals surface area contributed by atoms with Crippen LogP contribution in [0, 0.1) is 0 Å². The minimum Gasteiger partial charge on any atom is -0.457 e. The molecule has 4 N–H and O–H groups in total. The highest BCUT2D eigenvalue weighted by molar-refractivity contribution is 5.73. The van der Waals surface area contributed by atoms with Gasteiger partial charge in [-0.25, -0.2) is 0 Å². The highest BCUT2D eigenvalue weighted by Crippen LogP contribution is 2.19. The van der Waals surface area contributed by atoms with Crippen LogP contribution in [0.2, 0.25) is 0 Å². The number of ether oxygens (including phenoxy) is 1. The Bertz CT molecular complexity index is 846. The molecule has 0 unspecified atom stereocenters. The molecule has 25 heavy (non-hydrogen) atoms. The Hall–Kier alpha value is -3.48. The van der Waals surface area contributed by atoms with E-state index in [1.807, 2.05) is 54.6 Å². The van der Waals surface area contributed by atoms with Gasteiger partial charge in [-0.2, -0.15) is 15.0 Å². The highest BCUT2D eigenvalue weighted by Gasteiger charge is 2.08. The fraction of sp³-hybridized carbons (Fsp3) is 0.111. The van der Waals surface area contributed by atoms with Gasteiger partial charge in [-0.15, -0.1) is 0 Å². The first kappa shape index (κ1) is 16.4. The van der Waals surface area contributed by atoms with Gasteiger partial charge in [-0.1, -0.05) is 54.6 Å². The van der Waals surface area contributed by atoms with E-state index in [2.05, 4.69) is 15.0 Å². The van der Waals surface area contributed by atoms with Crippen molar-refractivity contribution in [2.75, 3.05) is 11.5 Å². The van der Waals surface area contributed by atoms with E-state index in [1.165, 1.54) is 0 Å². The highest BCUT2D eigenvalue weighted by atomic mass is 16.5. The first-order valence-corrected chi connectivity index (χ1v) is 7.66. The molecule has 0 saturated heterocycles. The number of nitrogens with zero attached hydrogens (tertiary/aromatic N) is 3. The van der Waals surface area contributed by atoms with Crippen molar-refractivity contribution < 1.29 is 9.53 Å². The first-order chi connectivity index (χ1) is 12.1. The van der Waals surface area contributed by atoms with Crippen molar-refractivity contribution in [1.82, 2.24) is 15.0 Å². The number of nitrogens with two attached hydrogens (primary N) is 2. The van der Waals surface area contributed by atoms with Gasteiger partial charge in [0.05, 0.1) is 6.42 Å². The zero-order valence-corrected chi connectivity index (χ0v) is 13.4. The van der Waals surface area contributed by atoms with Crippen molar-refractivity contribution in [3.63, 3.8) is 0 Å². The van der Waals surface area contributed by atoms with Gasteiger partial charge in [0.1, 0.15) is 0 Å². The molecule has 1 heterocycles. The van der Waals surface area contributed by atoms with Crippen LogP contribution in [0.15, 0.2) is 54.6 Å². The van der Waals surface area contributed by atoms with Crippen LogP contribution in [0.4, 0.5) is 11.9 Å². The third-order valence-corrected chi connectivity index (χ3v) is 3.49. The third kappa shape index (κ3) is 4.51. The largest absolute Gasteiger partial charge is 0.457 e. The minimum absolute atomic E-state index is 0.00458. The molecule has 0 spiro atoms. The van der Waals surface area contributed by atoms with E-state index in [0.717, 1.165) is 16.7 Å². The summed E-state index contributed by atoms with van der Waals surface area (Å²) in [5, 5.41) is 0. The van der Waals surface area contributed by atoms with Crippen LogP contribution in [0.5, 0.6) is 0 Å². The number of carbonyl (C=O) groups is 1. The van der Waals surface area contributed by atoms with E-state index in [4.69, 9.17) is 16.2 Å². The van der Waals surface area contributed by atoms with E-state index >= 15 is 0 Å². The van der Waals surface area contributed by atoms with Gasteiger partial charge in [0.15, 0.2) is 12.4 Å². The second-order valence-corrected chi connectivity index (χ2v) is 5.37. The average molecular weight is 335 g/mol. The Balaban J connectivity index is 1.57. The van der Waals surface area contributed by atoms with Crippen molar-refractivity contribution in [3.05, 3.63) is 66.0 Å². The number of hydrogen-bond donors (Lipinski definition) is 2. The van der Waals surface area contributed by atoms with E-state index in [1.54, 1.807) is 0 Å². The molecular weight excluding hydrogens is 318 g/mol. The summed E-state index contributed by atoms with van der Waals surface area (Å²) in [5.41, 5.74) is 14.0. The van der Waals surface area contributed by atoms with Gasteiger partial charge >= 0.3 is 5.97 Å². The van der Waals surface area contributed by atoms with Gasteiger partial charge in [-0.05, 0) is 16.7 Å². The summed E-state index contributed by atoms with van der Waals surface area (Å²) in [5.74, 6) is -0.173. The maximum Gasteiger partial charge on any atom is 0.310 e. The van der Waals surface area contributed by atoms with Crippen molar-refractivity contribution in [1.29, 1.82) is 0 Å². The van der Waals surface area contributed by atoms with Gasteiger partial charge in [0, 0.05) is 0 Å². The predicted molar refractivity (Wildman–Crippen MR) is 94.0 cm³/mol. The summed E-state index contributed by atoms with van der Waals surface area (Å²) < 4.78 is 5.15. The number of benzene rings is 2. The molecule has 0 aliphatic heterocycles. The Labute approximate surface area is 144 Å². The van der Waals surface area contributed by atoms with E-state index in [-0.39, 0.29) is 36.7 Å². The lowest BCUT2D eigenvalue weighted by Crippen LogP contribution is -2.12. The molecule has 1 aromatic heterocycles. The van der Waals surface area contributed by atoms with Crippen molar-refractivity contribution >= 4 is 17.9 Å². The zero-order chi connectivity index (χ0) is 17.6. The van der Waals surface area contributed by atoms with Crippen molar-refractivity contribution in [2.24, 2.45) is 0 Å². The number of anilines is 2. The average Bonchev–Trinajstić information content (AvgIpc) is 2.61. The SMILES string of the molecule is Nc1nc(N)nc(COC(=O)Cc2ccc(-c3ccccc3)cc2)n1. The lowest BCUT2D eigenvalue weighted by Gasteiger charge is -2.06. The van der Waals surface area contributed by atoms with Crippen LogP contribution < -0.4 is 11.5 Å². The van der Waals surface area contributed by atoms with Crippen LogP contribution in [0.1, 0.15) is 11.4 Å². The number of rotatable bonds is 5. The lowest BCUT2D eigenvalue weighted by molar-refractivity contribution is -0.144. The monoisotopic (exact) mass is 335 g/mol. The fourth-order valence-electron chi connectivity index (χ4n) is 2.33. The Morgan fingerprint density at radius 2 is 1.44 bits per heavy atom. The molecule has 126 valence electrons. The Morgan fingerprint density at radius 3 is 2.08 bits per heavy atom. The summed E-state index contributed by atoms with van der Waals surface area (Å²) in [6.07, 6.45) is 0.158. The standard InChI is InChI=1S/C18H17N5O2/c19-17-21-15(22-18(20)23-17)11-25-16(24)10-12-6-8-14(9-7-12)13-4-2-1-3-5-13/h1-9H,10-11H2,(H4,19,20,21,22,23). The molecular formula is C18H17N5O2. The second kappa shape index (κ2) is 7.39. The molecule has 0 atom stereocenters. The summed E-state index contributed by atoms with van der Waals surface area (Å²) in [4.78, 5) is 23.3. The minimum atomic E-state index is -0.384. The van der Waals surface area contributed by atoms with Crippen LogP contribution in [-0.2, 0) is 22.6 Å². The van der Waals surface area contributed by atoms with Crippen LogP contribution in [0.25, 0.3) is 11.1 Å². The topological polar surface area (TPSA) is 117 Å². The molecule has 0 aliphatic carbocycles. The molecule has 2 aromatic carbocycles. The number of hydrogen-bond acceptors (Lipinski definition) is 7. The van der Waals surface area contributed by atoms with Gasteiger partial charge in [-0.3, -0.25) is 4.79 Å².